The van der Waals surface area contributed by atoms with E-state index in [0.717, 1.165) is 17.8 Å². The Morgan fingerprint density at radius 3 is 1.48 bits per heavy atom. The zero-order valence-electron chi connectivity index (χ0n) is 49.1. The Hall–Kier alpha value is -7.79. The summed E-state index contributed by atoms with van der Waals surface area (Å²) < 4.78 is 7.74. The zero-order chi connectivity index (χ0) is 57.6. The minimum absolute atomic E-state index is 0.0753. The molecule has 6 heterocycles. The predicted molar refractivity (Wildman–Crippen MR) is 382 cm³/mol. The average Bonchev–Trinajstić information content (AvgIpc) is 1.80. The molecular formula is C77H60B2I2N4. The van der Waals surface area contributed by atoms with Crippen LogP contribution in [0.15, 0.2) is 182 Å². The van der Waals surface area contributed by atoms with Crippen molar-refractivity contribution in [3.05, 3.63) is 234 Å². The number of aryl methyl sites for hydroxylation is 8. The lowest BCUT2D eigenvalue weighted by Crippen LogP contribution is -2.65. The molecule has 408 valence electrons. The van der Waals surface area contributed by atoms with Gasteiger partial charge >= 0.3 is 0 Å². The highest BCUT2D eigenvalue weighted by Crippen LogP contribution is 2.49. The minimum Gasteiger partial charge on any atom is -0.311 e. The molecule has 4 aliphatic rings. The number of rotatable bonds is 7. The lowest BCUT2D eigenvalue weighted by molar-refractivity contribution is 0.796. The third-order valence-electron chi connectivity index (χ3n) is 19.5. The maximum atomic E-state index is 2.71. The summed E-state index contributed by atoms with van der Waals surface area (Å²) in [4.78, 5) is 5.29. The van der Waals surface area contributed by atoms with Crippen molar-refractivity contribution in [3.8, 4) is 33.6 Å². The number of hydrogen-bond donors (Lipinski definition) is 0. The Balaban J connectivity index is 1.04. The number of hydrogen-bond acceptors (Lipinski definition) is 2. The van der Waals surface area contributed by atoms with Crippen molar-refractivity contribution in [2.24, 2.45) is 0 Å². The second kappa shape index (κ2) is 18.9. The van der Waals surface area contributed by atoms with E-state index in [2.05, 4.69) is 301 Å². The van der Waals surface area contributed by atoms with Gasteiger partial charge in [-0.15, -0.1) is 0 Å². The van der Waals surface area contributed by atoms with Gasteiger partial charge in [0.15, 0.2) is 0 Å². The van der Waals surface area contributed by atoms with E-state index in [1.54, 1.807) is 0 Å². The van der Waals surface area contributed by atoms with E-state index >= 15 is 0 Å². The molecule has 17 rings (SSSR count). The second-order valence-electron chi connectivity index (χ2n) is 25.0. The van der Waals surface area contributed by atoms with Gasteiger partial charge in [0.05, 0.1) is 11.0 Å². The summed E-state index contributed by atoms with van der Waals surface area (Å²) in [6, 6.07) is 72.3. The zero-order valence-corrected chi connectivity index (χ0v) is 53.5. The molecule has 0 saturated heterocycles. The number of nitrogens with zero attached hydrogens (tertiary/aromatic N) is 4. The van der Waals surface area contributed by atoms with Crippen LogP contribution in [0.2, 0.25) is 0 Å². The molecule has 85 heavy (non-hydrogen) atoms. The first-order valence-electron chi connectivity index (χ1n) is 30.2. The van der Waals surface area contributed by atoms with Crippen LogP contribution in [0, 0.1) is 55.6 Å². The summed E-state index contributed by atoms with van der Waals surface area (Å²) in [5.74, 6) is 0. The number of anilines is 6. The number of unbranched alkanes of at least 4 members (excludes halogenated alkanes) is 1. The van der Waals surface area contributed by atoms with Crippen LogP contribution < -0.4 is 42.6 Å². The Morgan fingerprint density at radius 1 is 0.365 bits per heavy atom. The highest BCUT2D eigenvalue weighted by molar-refractivity contribution is 14.1. The van der Waals surface area contributed by atoms with Gasteiger partial charge in [0.2, 0.25) is 0 Å². The van der Waals surface area contributed by atoms with Crippen molar-refractivity contribution < 1.29 is 0 Å². The van der Waals surface area contributed by atoms with Crippen LogP contribution in [0.5, 0.6) is 0 Å². The van der Waals surface area contributed by atoms with Gasteiger partial charge in [-0.05, 0) is 287 Å². The van der Waals surface area contributed by atoms with E-state index in [1.807, 2.05) is 0 Å². The van der Waals surface area contributed by atoms with Gasteiger partial charge in [-0.1, -0.05) is 114 Å². The molecular weight excluding hydrogens is 1260 g/mol. The van der Waals surface area contributed by atoms with Gasteiger partial charge < -0.3 is 18.9 Å². The quantitative estimate of drug-likeness (QED) is 0.117. The summed E-state index contributed by atoms with van der Waals surface area (Å²) >= 11 is 4.95. The second-order valence-corrected chi connectivity index (χ2v) is 27.5. The van der Waals surface area contributed by atoms with E-state index in [9.17, 15) is 0 Å². The molecule has 0 amide bonds. The molecule has 13 aromatic rings. The molecule has 0 spiro atoms. The standard InChI is InChI=1S/C77H60B2I2N4/c1-9-10-11-49-16-29-66-60(35-49)58-27-15-46(6)73-77(58)85(66)72-39-51(57-26-13-43(3)31-48(57)8)37-70-75(72)79(73)63-40-62-67(41-68(63)83(70)55-23-19-53(81)20-24-55)82(54-21-17-52(80)18-22-54)69-36-50(56-25-12-42(2)30-47(56)7)38-71-74(69)78(62)64-34-45(5)33-61-59-32-44(4)14-28-65(59)84(71)76(61)64/h12-41H,9-11H2,1-8H3. The molecule has 0 saturated carbocycles. The van der Waals surface area contributed by atoms with Crippen molar-refractivity contribution in [1.29, 1.82) is 0 Å². The summed E-state index contributed by atoms with van der Waals surface area (Å²) in [5.41, 5.74) is 38.3. The Morgan fingerprint density at radius 2 is 0.882 bits per heavy atom. The van der Waals surface area contributed by atoms with E-state index in [1.165, 1.54) is 197 Å². The van der Waals surface area contributed by atoms with Gasteiger partial charge in [-0.25, -0.2) is 0 Å². The van der Waals surface area contributed by atoms with Crippen LogP contribution in [0.4, 0.5) is 34.1 Å². The molecule has 0 radical (unpaired) electrons. The number of fused-ring (bicyclic) bond motifs is 14. The maximum absolute atomic E-state index is 2.71. The van der Waals surface area contributed by atoms with Crippen LogP contribution in [0.25, 0.3) is 77.2 Å². The largest absolute Gasteiger partial charge is 0.311 e. The highest BCUT2D eigenvalue weighted by atomic mass is 127. The van der Waals surface area contributed by atoms with Gasteiger partial charge in [0.25, 0.3) is 13.4 Å². The Kier molecular flexibility index (Phi) is 11.4. The van der Waals surface area contributed by atoms with E-state index in [4.69, 9.17) is 0 Å². The Labute approximate surface area is 525 Å². The van der Waals surface area contributed by atoms with Gasteiger partial charge in [-0.3, -0.25) is 0 Å². The molecule has 4 aliphatic heterocycles. The molecule has 8 heteroatoms. The lowest BCUT2D eigenvalue weighted by atomic mass is 9.30. The van der Waals surface area contributed by atoms with E-state index in [0.29, 0.717) is 0 Å². The summed E-state index contributed by atoms with van der Waals surface area (Å²) in [6.45, 7) is 18.1. The van der Waals surface area contributed by atoms with Crippen molar-refractivity contribution >= 4 is 169 Å². The first-order valence-corrected chi connectivity index (χ1v) is 32.4. The molecule has 0 N–H and O–H groups in total. The van der Waals surface area contributed by atoms with Crippen LogP contribution in [-0.2, 0) is 6.42 Å². The van der Waals surface area contributed by atoms with Crippen molar-refractivity contribution in [3.63, 3.8) is 0 Å². The average molecular weight is 1320 g/mol. The first-order chi connectivity index (χ1) is 41.3. The lowest BCUT2D eigenvalue weighted by Gasteiger charge is -2.45. The molecule has 0 bridgehead atoms. The monoisotopic (exact) mass is 1320 g/mol. The third-order valence-corrected chi connectivity index (χ3v) is 20.9. The molecule has 0 aliphatic carbocycles. The SMILES string of the molecule is CCCCc1ccc2c(c1)c1ccc(C)c3c1n2-c1cc(-c2ccc(C)cc2C)cc2c1B3c1cc3c(cc1N2c1ccc(I)cc1)N(c1ccc(I)cc1)c1cc(-c2ccc(C)cc2C)cc2c1B3c1cc(C)cc3c4cc(C)ccc4n-2c13. The normalized spacial score (nSPS) is 13.3. The molecule has 0 atom stereocenters. The molecule has 2 aromatic heterocycles. The van der Waals surface area contributed by atoms with E-state index in [-0.39, 0.29) is 13.4 Å². The first kappa shape index (κ1) is 51.6. The number of benzene rings is 11. The number of aromatic nitrogens is 2. The van der Waals surface area contributed by atoms with E-state index < -0.39 is 0 Å². The summed E-state index contributed by atoms with van der Waals surface area (Å²) in [6.07, 6.45) is 3.42. The summed E-state index contributed by atoms with van der Waals surface area (Å²) in [5, 5.41) is 5.29. The fourth-order valence-corrected chi connectivity index (χ4v) is 16.6. The predicted octanol–water partition coefficient (Wildman–Crippen LogP) is 17.2. The van der Waals surface area contributed by atoms with Gasteiger partial charge in [0.1, 0.15) is 0 Å². The van der Waals surface area contributed by atoms with Gasteiger partial charge in [0, 0.05) is 85.2 Å². The van der Waals surface area contributed by atoms with Crippen molar-refractivity contribution in [2.45, 2.75) is 74.7 Å². The van der Waals surface area contributed by atoms with Crippen LogP contribution >= 0.6 is 45.2 Å². The van der Waals surface area contributed by atoms with Crippen LogP contribution in [0.3, 0.4) is 0 Å². The maximum Gasteiger partial charge on any atom is 0.252 e. The fraction of sp³-hybridized carbons (Fsp3) is 0.143. The molecule has 11 aromatic carbocycles. The minimum atomic E-state index is -0.0770. The highest BCUT2D eigenvalue weighted by Gasteiger charge is 2.48. The summed E-state index contributed by atoms with van der Waals surface area (Å²) in [7, 11) is 0. The molecule has 4 nitrogen and oxygen atoms in total. The van der Waals surface area contributed by atoms with Crippen LogP contribution in [-0.4, -0.2) is 22.6 Å². The molecule has 0 unspecified atom stereocenters. The van der Waals surface area contributed by atoms with Gasteiger partial charge in [-0.2, -0.15) is 0 Å². The molecule has 0 fully saturated rings. The van der Waals surface area contributed by atoms with Crippen molar-refractivity contribution in [1.82, 2.24) is 9.13 Å². The fourth-order valence-electron chi connectivity index (χ4n) is 15.9. The topological polar surface area (TPSA) is 16.3 Å². The van der Waals surface area contributed by atoms with Crippen LogP contribution in [0.1, 0.15) is 64.3 Å². The third kappa shape index (κ3) is 7.46. The Bertz CT molecular complexity index is 5130. The van der Waals surface area contributed by atoms with Crippen molar-refractivity contribution in [2.75, 3.05) is 9.80 Å². The number of halogens is 2. The smallest absolute Gasteiger partial charge is 0.252 e.